The van der Waals surface area contributed by atoms with E-state index >= 15 is 0 Å². The van der Waals surface area contributed by atoms with Gasteiger partial charge in [0.2, 0.25) is 5.91 Å². The number of amides is 1. The van der Waals surface area contributed by atoms with Gasteiger partial charge in [-0.3, -0.25) is 9.59 Å². The van der Waals surface area contributed by atoms with Crippen LogP contribution in [-0.4, -0.2) is 38.6 Å². The number of carbonyl (C=O) groups excluding carboxylic acids is 1. The average Bonchev–Trinajstić information content (AvgIpc) is 2.36. The number of nitrogens with zero attached hydrogens (tertiary/aromatic N) is 2. The molecular weight excluding hydrogens is 262 g/mol. The third-order valence-corrected chi connectivity index (χ3v) is 4.33. The summed E-state index contributed by atoms with van der Waals surface area (Å²) < 4.78 is 0. The first-order valence-corrected chi connectivity index (χ1v) is 7.56. The number of hydrogen-bond acceptors (Lipinski definition) is 4. The average molecular weight is 281 g/mol. The molecular formula is C13H19N3O2S. The van der Waals surface area contributed by atoms with Crippen LogP contribution in [0.2, 0.25) is 0 Å². The Labute approximate surface area is 116 Å². The molecule has 0 saturated carbocycles. The van der Waals surface area contributed by atoms with Crippen molar-refractivity contribution >= 4 is 17.7 Å². The Morgan fingerprint density at radius 1 is 1.47 bits per heavy atom. The van der Waals surface area contributed by atoms with Gasteiger partial charge in [-0.15, -0.1) is 0 Å². The van der Waals surface area contributed by atoms with Gasteiger partial charge in [-0.05, 0) is 33.1 Å². The van der Waals surface area contributed by atoms with Crippen LogP contribution in [0.25, 0.3) is 0 Å². The molecule has 0 aromatic carbocycles. The Bertz CT molecular complexity index is 493. The first kappa shape index (κ1) is 14.1. The second kappa shape index (κ2) is 6.23. The summed E-state index contributed by atoms with van der Waals surface area (Å²) in [6, 6.07) is 1.97. The van der Waals surface area contributed by atoms with E-state index in [9.17, 15) is 9.59 Å². The van der Waals surface area contributed by atoms with Gasteiger partial charge in [0.25, 0.3) is 5.56 Å². The van der Waals surface area contributed by atoms with Crippen molar-refractivity contribution in [2.45, 2.75) is 50.4 Å². The summed E-state index contributed by atoms with van der Waals surface area (Å²) in [6.07, 6.45) is 4.78. The number of aromatic nitrogens is 2. The van der Waals surface area contributed by atoms with E-state index in [0.29, 0.717) is 23.0 Å². The minimum absolute atomic E-state index is 0.121. The van der Waals surface area contributed by atoms with Gasteiger partial charge < -0.3 is 9.88 Å². The maximum absolute atomic E-state index is 12.3. The Morgan fingerprint density at radius 3 is 2.79 bits per heavy atom. The van der Waals surface area contributed by atoms with Crippen LogP contribution < -0.4 is 5.56 Å². The zero-order chi connectivity index (χ0) is 13.8. The molecule has 0 unspecified atom stereocenters. The molecule has 1 amide bonds. The summed E-state index contributed by atoms with van der Waals surface area (Å²) in [4.78, 5) is 32.0. The second-order valence-electron chi connectivity index (χ2n) is 4.96. The van der Waals surface area contributed by atoms with E-state index < -0.39 is 0 Å². The van der Waals surface area contributed by atoms with E-state index in [2.05, 4.69) is 23.8 Å². The molecule has 1 aliphatic heterocycles. The Morgan fingerprint density at radius 2 is 2.16 bits per heavy atom. The fourth-order valence-electron chi connectivity index (χ4n) is 2.54. The van der Waals surface area contributed by atoms with Crippen molar-refractivity contribution < 1.29 is 4.79 Å². The van der Waals surface area contributed by atoms with Crippen LogP contribution in [-0.2, 0) is 4.79 Å². The van der Waals surface area contributed by atoms with Crippen molar-refractivity contribution in [1.29, 1.82) is 0 Å². The van der Waals surface area contributed by atoms with Crippen molar-refractivity contribution in [3.63, 3.8) is 0 Å². The molecule has 0 spiro atoms. The predicted octanol–water partition coefficient (Wildman–Crippen LogP) is 1.65. The molecule has 1 fully saturated rings. The molecule has 2 rings (SSSR count). The smallest absolute Gasteiger partial charge is 0.251 e. The quantitative estimate of drug-likeness (QED) is 0.676. The number of aromatic amines is 1. The van der Waals surface area contributed by atoms with E-state index in [1.54, 1.807) is 0 Å². The molecule has 0 bridgehead atoms. The third kappa shape index (κ3) is 3.59. The molecule has 6 heteroatoms. The van der Waals surface area contributed by atoms with Gasteiger partial charge in [-0.25, -0.2) is 4.98 Å². The molecule has 1 aromatic heterocycles. The SMILES string of the molecule is C[C@H]1CCC[C@H](C)N1C(=O)CSc1nccc(=O)[nH]1. The van der Waals surface area contributed by atoms with Gasteiger partial charge in [0.15, 0.2) is 5.16 Å². The molecule has 1 N–H and O–H groups in total. The van der Waals surface area contributed by atoms with Crippen LogP contribution >= 0.6 is 11.8 Å². The molecule has 1 saturated heterocycles. The van der Waals surface area contributed by atoms with Crippen LogP contribution in [0.15, 0.2) is 22.2 Å². The van der Waals surface area contributed by atoms with Crippen molar-refractivity contribution in [1.82, 2.24) is 14.9 Å². The van der Waals surface area contributed by atoms with E-state index in [0.717, 1.165) is 12.8 Å². The standard InChI is InChI=1S/C13H19N3O2S/c1-9-4-3-5-10(2)16(9)12(18)8-19-13-14-7-6-11(17)15-13/h6-7,9-10H,3-5,8H2,1-2H3,(H,14,15,17)/t9-,10-/m0/s1. The summed E-state index contributed by atoms with van der Waals surface area (Å²) in [5.41, 5.74) is -0.190. The molecule has 1 aliphatic rings. The zero-order valence-corrected chi connectivity index (χ0v) is 12.1. The van der Waals surface area contributed by atoms with Gasteiger partial charge in [0, 0.05) is 24.3 Å². The molecule has 2 heterocycles. The normalized spacial score (nSPS) is 23.4. The number of nitrogens with one attached hydrogen (secondary N) is 1. The highest BCUT2D eigenvalue weighted by Crippen LogP contribution is 2.24. The molecule has 0 radical (unpaired) electrons. The Hall–Kier alpha value is -1.30. The lowest BCUT2D eigenvalue weighted by Gasteiger charge is -2.39. The molecule has 1 aromatic rings. The summed E-state index contributed by atoms with van der Waals surface area (Å²) in [7, 11) is 0. The zero-order valence-electron chi connectivity index (χ0n) is 11.3. The summed E-state index contributed by atoms with van der Waals surface area (Å²) in [5.74, 6) is 0.443. The fourth-order valence-corrected chi connectivity index (χ4v) is 3.26. The lowest BCUT2D eigenvalue weighted by Crippen LogP contribution is -2.48. The van der Waals surface area contributed by atoms with Gasteiger partial charge in [-0.2, -0.15) is 0 Å². The molecule has 2 atom stereocenters. The van der Waals surface area contributed by atoms with Crippen molar-refractivity contribution in [2.24, 2.45) is 0 Å². The van der Waals surface area contributed by atoms with Crippen LogP contribution in [0.4, 0.5) is 0 Å². The molecule has 104 valence electrons. The van der Waals surface area contributed by atoms with Crippen molar-refractivity contribution in [3.8, 4) is 0 Å². The van der Waals surface area contributed by atoms with Gasteiger partial charge in [0.05, 0.1) is 5.75 Å². The first-order valence-electron chi connectivity index (χ1n) is 6.57. The van der Waals surface area contributed by atoms with E-state index in [1.165, 1.54) is 30.4 Å². The highest BCUT2D eigenvalue weighted by Gasteiger charge is 2.28. The highest BCUT2D eigenvalue weighted by atomic mass is 32.2. The van der Waals surface area contributed by atoms with E-state index in [1.807, 2.05) is 4.90 Å². The Balaban J connectivity index is 1.95. The second-order valence-corrected chi connectivity index (χ2v) is 5.92. The maximum atomic E-state index is 12.3. The summed E-state index contributed by atoms with van der Waals surface area (Å²) in [5, 5.41) is 0.498. The topological polar surface area (TPSA) is 66.1 Å². The maximum Gasteiger partial charge on any atom is 0.251 e. The summed E-state index contributed by atoms with van der Waals surface area (Å²) in [6.45, 7) is 4.20. The van der Waals surface area contributed by atoms with Crippen molar-refractivity contribution in [3.05, 3.63) is 22.6 Å². The lowest BCUT2D eigenvalue weighted by molar-refractivity contribution is -0.134. The first-order chi connectivity index (χ1) is 9.08. The molecule has 5 nitrogen and oxygen atoms in total. The van der Waals surface area contributed by atoms with Crippen LogP contribution in [0.1, 0.15) is 33.1 Å². The predicted molar refractivity (Wildman–Crippen MR) is 75.2 cm³/mol. The lowest BCUT2D eigenvalue weighted by atomic mass is 9.98. The molecule has 19 heavy (non-hydrogen) atoms. The number of likely N-dealkylation sites (tertiary alicyclic amines) is 1. The van der Waals surface area contributed by atoms with Crippen LogP contribution in [0.3, 0.4) is 0 Å². The number of H-pyrrole nitrogens is 1. The third-order valence-electron chi connectivity index (χ3n) is 3.46. The Kier molecular flexibility index (Phi) is 4.63. The number of carbonyl (C=O) groups is 1. The van der Waals surface area contributed by atoms with Gasteiger partial charge >= 0.3 is 0 Å². The summed E-state index contributed by atoms with van der Waals surface area (Å²) >= 11 is 1.28. The number of hydrogen-bond donors (Lipinski definition) is 1. The van der Waals surface area contributed by atoms with Crippen LogP contribution in [0.5, 0.6) is 0 Å². The number of piperidine rings is 1. The minimum Gasteiger partial charge on any atom is -0.337 e. The van der Waals surface area contributed by atoms with Crippen LogP contribution in [0, 0.1) is 0 Å². The monoisotopic (exact) mass is 281 g/mol. The van der Waals surface area contributed by atoms with E-state index in [4.69, 9.17) is 0 Å². The highest BCUT2D eigenvalue weighted by molar-refractivity contribution is 7.99. The minimum atomic E-state index is -0.190. The van der Waals surface area contributed by atoms with Gasteiger partial charge in [0.1, 0.15) is 0 Å². The number of thioether (sulfide) groups is 1. The van der Waals surface area contributed by atoms with Gasteiger partial charge in [-0.1, -0.05) is 11.8 Å². The van der Waals surface area contributed by atoms with Crippen molar-refractivity contribution in [2.75, 3.05) is 5.75 Å². The van der Waals surface area contributed by atoms with E-state index in [-0.39, 0.29) is 11.5 Å². The molecule has 0 aliphatic carbocycles. The number of rotatable bonds is 3. The largest absolute Gasteiger partial charge is 0.337 e. The fraction of sp³-hybridized carbons (Fsp3) is 0.615.